The maximum Gasteiger partial charge on any atom is 0.246 e. The van der Waals surface area contributed by atoms with Crippen molar-refractivity contribution in [2.45, 2.75) is 45.2 Å². The molecule has 0 bridgehead atoms. The van der Waals surface area contributed by atoms with Gasteiger partial charge in [0.2, 0.25) is 11.8 Å². The highest BCUT2D eigenvalue weighted by atomic mass is 16.2. The molecule has 108 valence electrons. The maximum atomic E-state index is 12.5. The molecule has 1 saturated heterocycles. The van der Waals surface area contributed by atoms with Gasteiger partial charge in [0.1, 0.15) is 11.6 Å². The van der Waals surface area contributed by atoms with Crippen molar-refractivity contribution >= 4 is 11.8 Å². The van der Waals surface area contributed by atoms with Crippen molar-refractivity contribution in [1.29, 1.82) is 0 Å². The Balaban J connectivity index is 2.13. The third kappa shape index (κ3) is 2.69. The molecular weight excluding hydrogens is 252 g/mol. The zero-order valence-corrected chi connectivity index (χ0v) is 12.3. The summed E-state index contributed by atoms with van der Waals surface area (Å²) in [5.74, 6) is -0.0509. The molecule has 0 aromatic heterocycles. The van der Waals surface area contributed by atoms with Crippen LogP contribution in [0.4, 0.5) is 0 Å². The quantitative estimate of drug-likeness (QED) is 0.909. The second-order valence-corrected chi connectivity index (χ2v) is 5.72. The highest BCUT2D eigenvalue weighted by Gasteiger charge is 2.45. The number of nitrogens with one attached hydrogen (secondary N) is 1. The molecule has 1 heterocycles. The van der Waals surface area contributed by atoms with E-state index in [1.165, 1.54) is 5.56 Å². The van der Waals surface area contributed by atoms with Crippen molar-refractivity contribution in [1.82, 2.24) is 10.2 Å². The van der Waals surface area contributed by atoms with Crippen LogP contribution in [0, 0.1) is 0 Å². The SMILES string of the molecule is CCC1NC(=O)C(C)(C)N(CCc2ccccc2)C1=O. The first-order chi connectivity index (χ1) is 9.46. The summed E-state index contributed by atoms with van der Waals surface area (Å²) < 4.78 is 0. The van der Waals surface area contributed by atoms with Gasteiger partial charge in [0.25, 0.3) is 0 Å². The molecule has 1 aromatic rings. The Labute approximate surface area is 120 Å². The van der Waals surface area contributed by atoms with E-state index in [0.717, 1.165) is 6.42 Å². The van der Waals surface area contributed by atoms with Crippen molar-refractivity contribution in [3.8, 4) is 0 Å². The Morgan fingerprint density at radius 3 is 2.45 bits per heavy atom. The van der Waals surface area contributed by atoms with Gasteiger partial charge in [-0.3, -0.25) is 9.59 Å². The van der Waals surface area contributed by atoms with Crippen LogP contribution in [0.3, 0.4) is 0 Å². The third-order valence-electron chi connectivity index (χ3n) is 3.98. The topological polar surface area (TPSA) is 49.4 Å². The Hall–Kier alpha value is -1.84. The molecule has 1 aromatic carbocycles. The Morgan fingerprint density at radius 1 is 1.20 bits per heavy atom. The van der Waals surface area contributed by atoms with E-state index in [1.807, 2.05) is 37.3 Å². The molecule has 0 spiro atoms. The summed E-state index contributed by atoms with van der Waals surface area (Å²) in [6.07, 6.45) is 1.39. The molecule has 4 heteroatoms. The molecule has 20 heavy (non-hydrogen) atoms. The van der Waals surface area contributed by atoms with Gasteiger partial charge in [-0.1, -0.05) is 37.3 Å². The third-order valence-corrected chi connectivity index (χ3v) is 3.98. The van der Waals surface area contributed by atoms with Crippen LogP contribution in [0.2, 0.25) is 0 Å². The summed E-state index contributed by atoms with van der Waals surface area (Å²) in [6, 6.07) is 9.64. The van der Waals surface area contributed by atoms with Gasteiger partial charge in [0, 0.05) is 6.54 Å². The predicted octanol–water partition coefficient (Wildman–Crippen LogP) is 1.74. The fourth-order valence-corrected chi connectivity index (χ4v) is 2.53. The van der Waals surface area contributed by atoms with Crippen LogP contribution < -0.4 is 5.32 Å². The van der Waals surface area contributed by atoms with Crippen LogP contribution in [0.1, 0.15) is 32.8 Å². The molecule has 0 saturated carbocycles. The van der Waals surface area contributed by atoms with Crippen molar-refractivity contribution in [2.24, 2.45) is 0 Å². The zero-order chi connectivity index (χ0) is 14.8. The van der Waals surface area contributed by atoms with E-state index in [1.54, 1.807) is 18.7 Å². The Bertz CT molecular complexity index is 496. The number of amides is 2. The largest absolute Gasteiger partial charge is 0.342 e. The van der Waals surface area contributed by atoms with E-state index in [4.69, 9.17) is 0 Å². The minimum Gasteiger partial charge on any atom is -0.342 e. The molecule has 1 atom stereocenters. The summed E-state index contributed by atoms with van der Waals surface area (Å²) >= 11 is 0. The van der Waals surface area contributed by atoms with Gasteiger partial charge < -0.3 is 10.2 Å². The van der Waals surface area contributed by atoms with E-state index in [-0.39, 0.29) is 17.9 Å². The summed E-state index contributed by atoms with van der Waals surface area (Å²) in [5, 5.41) is 2.80. The summed E-state index contributed by atoms with van der Waals surface area (Å²) in [7, 11) is 0. The number of hydrogen-bond acceptors (Lipinski definition) is 2. The molecule has 4 nitrogen and oxygen atoms in total. The van der Waals surface area contributed by atoms with Gasteiger partial charge in [-0.05, 0) is 32.3 Å². The maximum absolute atomic E-state index is 12.5. The first kappa shape index (κ1) is 14.6. The van der Waals surface area contributed by atoms with E-state index >= 15 is 0 Å². The number of rotatable bonds is 4. The smallest absolute Gasteiger partial charge is 0.246 e. The number of nitrogens with zero attached hydrogens (tertiary/aromatic N) is 1. The van der Waals surface area contributed by atoms with E-state index in [0.29, 0.717) is 13.0 Å². The van der Waals surface area contributed by atoms with Crippen molar-refractivity contribution in [3.05, 3.63) is 35.9 Å². The molecule has 0 aliphatic carbocycles. The predicted molar refractivity (Wildman–Crippen MR) is 78.2 cm³/mol. The molecule has 2 amide bonds. The lowest BCUT2D eigenvalue weighted by Crippen LogP contribution is -2.68. The number of carbonyl (C=O) groups excluding carboxylic acids is 2. The van der Waals surface area contributed by atoms with Crippen LogP contribution in [0.25, 0.3) is 0 Å². The van der Waals surface area contributed by atoms with Crippen molar-refractivity contribution in [3.63, 3.8) is 0 Å². The first-order valence-electron chi connectivity index (χ1n) is 7.13. The monoisotopic (exact) mass is 274 g/mol. The fraction of sp³-hybridized carbons (Fsp3) is 0.500. The number of benzene rings is 1. The van der Waals surface area contributed by atoms with Gasteiger partial charge in [0.05, 0.1) is 0 Å². The standard InChI is InChI=1S/C16H22N2O2/c1-4-13-14(19)18(16(2,3)15(20)17-13)11-10-12-8-6-5-7-9-12/h5-9,13H,4,10-11H2,1-3H3,(H,17,20). The minimum atomic E-state index is -0.780. The van der Waals surface area contributed by atoms with E-state index in [2.05, 4.69) is 5.32 Å². The van der Waals surface area contributed by atoms with Gasteiger partial charge >= 0.3 is 0 Å². The lowest BCUT2D eigenvalue weighted by atomic mass is 9.94. The van der Waals surface area contributed by atoms with E-state index in [9.17, 15) is 9.59 Å². The van der Waals surface area contributed by atoms with Crippen molar-refractivity contribution in [2.75, 3.05) is 6.54 Å². The second-order valence-electron chi connectivity index (χ2n) is 5.72. The van der Waals surface area contributed by atoms with Crippen LogP contribution in [0.15, 0.2) is 30.3 Å². The number of piperazine rings is 1. The highest BCUT2D eigenvalue weighted by molar-refractivity contribution is 5.99. The van der Waals surface area contributed by atoms with Gasteiger partial charge in [-0.2, -0.15) is 0 Å². The Kier molecular flexibility index (Phi) is 4.12. The van der Waals surface area contributed by atoms with Gasteiger partial charge in [0.15, 0.2) is 0 Å². The minimum absolute atomic E-state index is 0.0213. The van der Waals surface area contributed by atoms with Crippen LogP contribution in [-0.2, 0) is 16.0 Å². The molecule has 1 unspecified atom stereocenters. The average molecular weight is 274 g/mol. The molecule has 0 radical (unpaired) electrons. The van der Waals surface area contributed by atoms with E-state index < -0.39 is 5.54 Å². The molecular formula is C16H22N2O2. The molecule has 2 rings (SSSR count). The zero-order valence-electron chi connectivity index (χ0n) is 12.3. The summed E-state index contributed by atoms with van der Waals surface area (Å²) in [5.41, 5.74) is 0.396. The first-order valence-corrected chi connectivity index (χ1v) is 7.13. The lowest BCUT2D eigenvalue weighted by molar-refractivity contribution is -0.155. The lowest BCUT2D eigenvalue weighted by Gasteiger charge is -2.44. The van der Waals surface area contributed by atoms with Crippen LogP contribution >= 0.6 is 0 Å². The summed E-state index contributed by atoms with van der Waals surface area (Å²) in [4.78, 5) is 26.3. The fourth-order valence-electron chi connectivity index (χ4n) is 2.53. The average Bonchev–Trinajstić information content (AvgIpc) is 2.44. The Morgan fingerprint density at radius 2 is 1.85 bits per heavy atom. The summed E-state index contributed by atoms with van der Waals surface area (Å²) in [6.45, 7) is 6.09. The van der Waals surface area contributed by atoms with Crippen LogP contribution in [-0.4, -0.2) is 34.8 Å². The molecule has 1 fully saturated rings. The second kappa shape index (κ2) is 5.65. The van der Waals surface area contributed by atoms with Crippen molar-refractivity contribution < 1.29 is 9.59 Å². The highest BCUT2D eigenvalue weighted by Crippen LogP contribution is 2.22. The van der Waals surface area contributed by atoms with Gasteiger partial charge in [-0.25, -0.2) is 0 Å². The molecule has 1 aliphatic heterocycles. The molecule has 1 N–H and O–H groups in total. The van der Waals surface area contributed by atoms with Gasteiger partial charge in [-0.15, -0.1) is 0 Å². The van der Waals surface area contributed by atoms with Crippen LogP contribution in [0.5, 0.6) is 0 Å². The molecule has 1 aliphatic rings. The number of hydrogen-bond donors (Lipinski definition) is 1. The number of carbonyl (C=O) groups is 2. The normalized spacial score (nSPS) is 21.8.